The van der Waals surface area contributed by atoms with Crippen molar-refractivity contribution in [3.63, 3.8) is 0 Å². The lowest BCUT2D eigenvalue weighted by Gasteiger charge is -2.35. The molecule has 1 amide bonds. The second-order valence-corrected chi connectivity index (χ2v) is 13.9. The van der Waals surface area contributed by atoms with Gasteiger partial charge in [0.2, 0.25) is 11.8 Å². The predicted molar refractivity (Wildman–Crippen MR) is 191 cm³/mol. The molecule has 8 rings (SSSR count). The van der Waals surface area contributed by atoms with Crippen LogP contribution in [0.3, 0.4) is 0 Å². The molecule has 1 spiro atoms. The normalized spacial score (nSPS) is 20.5. The van der Waals surface area contributed by atoms with Crippen LogP contribution in [0.2, 0.25) is 5.02 Å². The number of pyridine rings is 2. The zero-order chi connectivity index (χ0) is 33.9. The van der Waals surface area contributed by atoms with E-state index >= 15 is 0 Å². The molecule has 5 heterocycles. The molecule has 10 nitrogen and oxygen atoms in total. The molecule has 2 saturated heterocycles. The summed E-state index contributed by atoms with van der Waals surface area (Å²) in [6, 6.07) is 16.2. The maximum Gasteiger partial charge on any atom is 0.278 e. The Labute approximate surface area is 289 Å². The summed E-state index contributed by atoms with van der Waals surface area (Å²) in [5.74, 6) is 1.28. The minimum Gasteiger partial charge on any atom is -0.481 e. The third kappa shape index (κ3) is 5.43. The third-order valence-corrected chi connectivity index (χ3v) is 11.0. The molecule has 0 radical (unpaired) electrons. The van der Waals surface area contributed by atoms with E-state index in [1.807, 2.05) is 43.3 Å². The Morgan fingerprint density at radius 3 is 2.71 bits per heavy atom. The highest BCUT2D eigenvalue weighted by molar-refractivity contribution is 6.36. The van der Waals surface area contributed by atoms with Crippen molar-refractivity contribution in [2.45, 2.75) is 57.0 Å². The Hall–Kier alpha value is -4.80. The highest BCUT2D eigenvalue weighted by Gasteiger charge is 2.45. The van der Waals surface area contributed by atoms with Gasteiger partial charge in [-0.15, -0.1) is 0 Å². The number of anilines is 2. The molecule has 0 saturated carbocycles. The van der Waals surface area contributed by atoms with Crippen molar-refractivity contribution in [3.05, 3.63) is 93.0 Å². The lowest BCUT2D eigenvalue weighted by atomic mass is 9.88. The number of hydrogen-bond donors (Lipinski definition) is 2. The SMILES string of the molecule is COc1nc(-c2cccc(-c3cccc(Nc4nccc5cnn(C)c(=O)c45)c3C)c2Cl)cc2c1[C@@H](N1CC[C@@]3(CCCC(=O)N3)C1)CC2. The number of fused-ring (bicyclic) bond motifs is 2. The number of benzene rings is 2. The van der Waals surface area contributed by atoms with E-state index in [4.69, 9.17) is 21.3 Å². The van der Waals surface area contributed by atoms with Gasteiger partial charge in [-0.3, -0.25) is 14.5 Å². The van der Waals surface area contributed by atoms with E-state index in [0.717, 1.165) is 89.8 Å². The van der Waals surface area contributed by atoms with E-state index in [-0.39, 0.29) is 23.0 Å². The van der Waals surface area contributed by atoms with Crippen LogP contribution in [0.1, 0.15) is 54.8 Å². The molecule has 250 valence electrons. The molecule has 49 heavy (non-hydrogen) atoms. The maximum absolute atomic E-state index is 13.0. The monoisotopic (exact) mass is 675 g/mol. The van der Waals surface area contributed by atoms with Crippen LogP contribution in [0.5, 0.6) is 5.88 Å². The molecule has 2 aliphatic heterocycles. The van der Waals surface area contributed by atoms with E-state index in [9.17, 15) is 9.59 Å². The number of methoxy groups -OCH3 is 1. The maximum atomic E-state index is 13.0. The Kier molecular flexibility index (Phi) is 7.88. The molecule has 2 aromatic carbocycles. The Balaban J connectivity index is 1.11. The van der Waals surface area contributed by atoms with Crippen molar-refractivity contribution in [1.82, 2.24) is 30.0 Å². The van der Waals surface area contributed by atoms with Gasteiger partial charge in [-0.1, -0.05) is 41.9 Å². The van der Waals surface area contributed by atoms with Crippen molar-refractivity contribution in [1.29, 1.82) is 0 Å². The van der Waals surface area contributed by atoms with Gasteiger partial charge >= 0.3 is 0 Å². The molecular weight excluding hydrogens is 638 g/mol. The number of likely N-dealkylation sites (tertiary alicyclic amines) is 1. The van der Waals surface area contributed by atoms with E-state index in [0.29, 0.717) is 28.5 Å². The molecule has 3 aliphatic rings. The van der Waals surface area contributed by atoms with Crippen molar-refractivity contribution in [3.8, 4) is 28.3 Å². The van der Waals surface area contributed by atoms with Gasteiger partial charge in [-0.2, -0.15) is 5.10 Å². The van der Waals surface area contributed by atoms with Crippen LogP contribution in [0.25, 0.3) is 33.2 Å². The number of aryl methyl sites for hydroxylation is 2. The fourth-order valence-electron chi connectivity index (χ4n) is 8.12. The number of nitrogens with one attached hydrogen (secondary N) is 2. The number of ether oxygens (including phenoxy) is 1. The summed E-state index contributed by atoms with van der Waals surface area (Å²) in [6.45, 7) is 3.84. The van der Waals surface area contributed by atoms with Gasteiger partial charge in [0.25, 0.3) is 5.56 Å². The summed E-state index contributed by atoms with van der Waals surface area (Å²) in [6.07, 6.45) is 8.84. The van der Waals surface area contributed by atoms with Crippen LogP contribution in [0.4, 0.5) is 11.5 Å². The number of rotatable bonds is 6. The number of nitrogens with zero attached hydrogens (tertiary/aromatic N) is 5. The van der Waals surface area contributed by atoms with E-state index < -0.39 is 0 Å². The van der Waals surface area contributed by atoms with E-state index in [1.54, 1.807) is 32.6 Å². The third-order valence-electron chi connectivity index (χ3n) is 10.6. The minimum atomic E-state index is -0.219. The van der Waals surface area contributed by atoms with Gasteiger partial charge in [-0.25, -0.2) is 14.6 Å². The summed E-state index contributed by atoms with van der Waals surface area (Å²) < 4.78 is 7.27. The summed E-state index contributed by atoms with van der Waals surface area (Å²) in [7, 11) is 3.32. The quantitative estimate of drug-likeness (QED) is 0.210. The number of amides is 1. The summed E-state index contributed by atoms with van der Waals surface area (Å²) in [4.78, 5) is 37.3. The smallest absolute Gasteiger partial charge is 0.278 e. The van der Waals surface area contributed by atoms with E-state index in [1.165, 1.54) is 10.2 Å². The first-order chi connectivity index (χ1) is 23.7. The van der Waals surface area contributed by atoms with E-state index in [2.05, 4.69) is 31.7 Å². The van der Waals surface area contributed by atoms with Crippen LogP contribution >= 0.6 is 11.6 Å². The van der Waals surface area contributed by atoms with Crippen molar-refractivity contribution < 1.29 is 9.53 Å². The van der Waals surface area contributed by atoms with Gasteiger partial charge in [0.05, 0.1) is 34.9 Å². The highest BCUT2D eigenvalue weighted by Crippen LogP contribution is 2.47. The van der Waals surface area contributed by atoms with Crippen molar-refractivity contribution >= 4 is 39.8 Å². The molecule has 2 N–H and O–H groups in total. The molecule has 2 fully saturated rings. The zero-order valence-corrected chi connectivity index (χ0v) is 28.6. The lowest BCUT2D eigenvalue weighted by Crippen LogP contribution is -2.53. The van der Waals surface area contributed by atoms with Crippen LogP contribution < -0.4 is 20.9 Å². The topological polar surface area (TPSA) is 114 Å². The second-order valence-electron chi connectivity index (χ2n) is 13.5. The molecule has 2 atom stereocenters. The number of hydrogen-bond acceptors (Lipinski definition) is 8. The standard InChI is InChI=1S/C38H38ClN7O3/c1-22-25(7-5-10-28(22)42-35-33-24(14-17-40-35)20-41-45(2)37(33)48)26-8-4-9-27(34(26)39)29-19-23-12-13-30(32(23)36(43-29)49-3)46-18-16-38(21-46)15-6-11-31(47)44-38/h4-5,7-10,14,17,19-20,30H,6,11-13,15-16,18,21H2,1-3H3,(H,40,42)(H,44,47)/t30-,38-/m0/s1. The number of halogens is 1. The Bertz CT molecular complexity index is 2200. The highest BCUT2D eigenvalue weighted by atomic mass is 35.5. The molecule has 1 aliphatic carbocycles. The molecule has 0 unspecified atom stereocenters. The predicted octanol–water partition coefficient (Wildman–Crippen LogP) is 6.50. The first-order valence-corrected chi connectivity index (χ1v) is 17.2. The molecule has 5 aromatic rings. The second kappa shape index (κ2) is 12.3. The van der Waals surface area contributed by atoms with Gasteiger partial charge < -0.3 is 15.4 Å². The number of piperidine rings is 1. The fourth-order valence-corrected chi connectivity index (χ4v) is 8.45. The Morgan fingerprint density at radius 1 is 1.06 bits per heavy atom. The number of carbonyl (C=O) groups is 1. The van der Waals surface area contributed by atoms with Gasteiger partial charge in [-0.05, 0) is 73.9 Å². The number of aromatic nitrogens is 4. The average molecular weight is 676 g/mol. The van der Waals surface area contributed by atoms with Crippen molar-refractivity contribution in [2.24, 2.45) is 7.05 Å². The van der Waals surface area contributed by atoms with Crippen LogP contribution in [0, 0.1) is 6.92 Å². The number of carbonyl (C=O) groups excluding carboxylic acids is 1. The van der Waals surface area contributed by atoms with Gasteiger partial charge in [0.1, 0.15) is 5.82 Å². The Morgan fingerprint density at radius 2 is 1.88 bits per heavy atom. The first kappa shape index (κ1) is 31.5. The summed E-state index contributed by atoms with van der Waals surface area (Å²) in [5, 5.41) is 12.7. The fraction of sp³-hybridized carbons (Fsp3) is 0.342. The molecule has 11 heteroatoms. The molecule has 0 bridgehead atoms. The van der Waals surface area contributed by atoms with Gasteiger partial charge in [0, 0.05) is 66.6 Å². The zero-order valence-electron chi connectivity index (χ0n) is 27.8. The van der Waals surface area contributed by atoms with Crippen LogP contribution in [-0.2, 0) is 18.3 Å². The van der Waals surface area contributed by atoms with Gasteiger partial charge in [0.15, 0.2) is 0 Å². The van der Waals surface area contributed by atoms with Crippen LogP contribution in [0.15, 0.2) is 65.7 Å². The molecule has 3 aromatic heterocycles. The summed E-state index contributed by atoms with van der Waals surface area (Å²) >= 11 is 7.24. The van der Waals surface area contributed by atoms with Crippen LogP contribution in [-0.4, -0.2) is 56.3 Å². The largest absolute Gasteiger partial charge is 0.481 e. The average Bonchev–Trinajstić information content (AvgIpc) is 3.71. The molecular formula is C38H38ClN7O3. The minimum absolute atomic E-state index is 0.114. The van der Waals surface area contributed by atoms with Crippen molar-refractivity contribution in [2.75, 3.05) is 25.5 Å². The first-order valence-electron chi connectivity index (χ1n) is 16.8. The summed E-state index contributed by atoms with van der Waals surface area (Å²) in [5.41, 5.74) is 7.27. The lowest BCUT2D eigenvalue weighted by molar-refractivity contribution is -0.125.